The smallest absolute Gasteiger partial charge is 0.252 e. The first kappa shape index (κ1) is 20.3. The van der Waals surface area contributed by atoms with Crippen LogP contribution < -0.4 is 5.32 Å². The number of hydrogen-bond donors (Lipinski definition) is 1. The molecular weight excluding hydrogens is 366 g/mol. The lowest BCUT2D eigenvalue weighted by atomic mass is 9.92. The molecule has 0 aliphatic rings. The summed E-state index contributed by atoms with van der Waals surface area (Å²) in [4.78, 5) is 16.9. The maximum absolute atomic E-state index is 13.0. The van der Waals surface area contributed by atoms with Gasteiger partial charge < -0.3 is 5.32 Å². The van der Waals surface area contributed by atoms with Crippen molar-refractivity contribution in [3.05, 3.63) is 53.7 Å². The second-order valence-corrected chi connectivity index (χ2v) is 7.99. The van der Waals surface area contributed by atoms with Crippen LogP contribution in [0.3, 0.4) is 0 Å². The number of carbonyl (C=O) groups is 1. The second kappa shape index (κ2) is 7.87. The van der Waals surface area contributed by atoms with Crippen molar-refractivity contribution in [3.8, 4) is 11.8 Å². The van der Waals surface area contributed by atoms with Gasteiger partial charge in [-0.3, -0.25) is 4.79 Å². The Hall–Kier alpha value is -3.47. The molecule has 0 aliphatic carbocycles. The number of anilines is 1. The van der Waals surface area contributed by atoms with Crippen molar-refractivity contribution < 1.29 is 4.79 Å². The zero-order chi connectivity index (χ0) is 21.2. The summed E-state index contributed by atoms with van der Waals surface area (Å²) in [5.41, 5.74) is 2.67. The quantitative estimate of drug-likeness (QED) is 0.717. The van der Waals surface area contributed by atoms with E-state index in [1.807, 2.05) is 50.2 Å². The molecule has 1 unspecified atom stereocenters. The molecule has 1 N–H and O–H groups in total. The molecule has 150 valence electrons. The maximum Gasteiger partial charge on any atom is 0.252 e. The van der Waals surface area contributed by atoms with Gasteiger partial charge in [-0.1, -0.05) is 39.8 Å². The van der Waals surface area contributed by atoms with E-state index >= 15 is 0 Å². The van der Waals surface area contributed by atoms with Crippen molar-refractivity contribution in [1.29, 1.82) is 5.26 Å². The van der Waals surface area contributed by atoms with Crippen molar-refractivity contribution >= 4 is 11.7 Å². The monoisotopic (exact) mass is 391 g/mol. The number of aromatic nitrogens is 5. The van der Waals surface area contributed by atoms with E-state index < -0.39 is 6.04 Å². The number of carbonyl (C=O) groups excluding carboxylic acids is 1. The highest BCUT2D eigenvalue weighted by Gasteiger charge is 2.25. The largest absolute Gasteiger partial charge is 0.309 e. The SMILES string of the molecule is CCC(C(=O)Nc1cc(C(C)(C)C)nn1-c1cccc(C)c1)n1cnc(C#N)n1. The van der Waals surface area contributed by atoms with Crippen LogP contribution in [-0.4, -0.2) is 30.5 Å². The summed E-state index contributed by atoms with van der Waals surface area (Å²) in [7, 11) is 0. The highest BCUT2D eigenvalue weighted by Crippen LogP contribution is 2.27. The Labute approximate surface area is 170 Å². The van der Waals surface area contributed by atoms with Gasteiger partial charge in [-0.25, -0.2) is 14.3 Å². The Morgan fingerprint density at radius 3 is 2.62 bits per heavy atom. The number of nitriles is 1. The summed E-state index contributed by atoms with van der Waals surface area (Å²) >= 11 is 0. The van der Waals surface area contributed by atoms with Gasteiger partial charge in [-0.2, -0.15) is 10.4 Å². The molecule has 0 spiro atoms. The summed E-state index contributed by atoms with van der Waals surface area (Å²) in [5, 5.41) is 20.7. The minimum atomic E-state index is -0.580. The van der Waals surface area contributed by atoms with Crippen LogP contribution in [-0.2, 0) is 10.2 Å². The lowest BCUT2D eigenvalue weighted by molar-refractivity contribution is -0.119. The Balaban J connectivity index is 1.97. The molecule has 0 radical (unpaired) electrons. The number of nitrogens with zero attached hydrogens (tertiary/aromatic N) is 6. The van der Waals surface area contributed by atoms with Crippen LogP contribution >= 0.6 is 0 Å². The van der Waals surface area contributed by atoms with E-state index in [9.17, 15) is 4.79 Å². The molecule has 0 saturated carbocycles. The molecule has 1 atom stereocenters. The lowest BCUT2D eigenvalue weighted by Gasteiger charge is -2.15. The molecule has 1 amide bonds. The zero-order valence-corrected chi connectivity index (χ0v) is 17.3. The van der Waals surface area contributed by atoms with E-state index in [1.165, 1.54) is 11.0 Å². The fourth-order valence-electron chi connectivity index (χ4n) is 2.97. The van der Waals surface area contributed by atoms with E-state index in [1.54, 1.807) is 4.68 Å². The van der Waals surface area contributed by atoms with Crippen LogP contribution in [0.4, 0.5) is 5.82 Å². The van der Waals surface area contributed by atoms with Crippen molar-refractivity contribution in [2.24, 2.45) is 0 Å². The third-order valence-electron chi connectivity index (χ3n) is 4.59. The highest BCUT2D eigenvalue weighted by atomic mass is 16.2. The number of nitrogens with one attached hydrogen (secondary N) is 1. The first-order valence-corrected chi connectivity index (χ1v) is 9.52. The van der Waals surface area contributed by atoms with Gasteiger partial charge in [0.25, 0.3) is 5.82 Å². The molecule has 3 aromatic rings. The molecule has 29 heavy (non-hydrogen) atoms. The fourth-order valence-corrected chi connectivity index (χ4v) is 2.97. The van der Waals surface area contributed by atoms with Gasteiger partial charge in [-0.15, -0.1) is 5.10 Å². The molecule has 0 fully saturated rings. The Morgan fingerprint density at radius 1 is 1.28 bits per heavy atom. The van der Waals surface area contributed by atoms with Crippen LogP contribution in [0.15, 0.2) is 36.7 Å². The van der Waals surface area contributed by atoms with E-state index in [0.29, 0.717) is 12.2 Å². The first-order valence-electron chi connectivity index (χ1n) is 9.52. The van der Waals surface area contributed by atoms with Gasteiger partial charge in [0.1, 0.15) is 24.3 Å². The Bertz CT molecular complexity index is 1070. The van der Waals surface area contributed by atoms with Gasteiger partial charge >= 0.3 is 0 Å². The van der Waals surface area contributed by atoms with Gasteiger partial charge in [-0.05, 0) is 31.0 Å². The Morgan fingerprint density at radius 2 is 2.03 bits per heavy atom. The van der Waals surface area contributed by atoms with Crippen LogP contribution in [0.25, 0.3) is 5.69 Å². The third kappa shape index (κ3) is 4.35. The molecule has 8 nitrogen and oxygen atoms in total. The van der Waals surface area contributed by atoms with Crippen LogP contribution in [0.5, 0.6) is 0 Å². The average Bonchev–Trinajstić information content (AvgIpc) is 3.29. The second-order valence-electron chi connectivity index (χ2n) is 7.99. The van der Waals surface area contributed by atoms with Crippen LogP contribution in [0, 0.1) is 18.3 Å². The molecule has 0 bridgehead atoms. The normalized spacial score (nSPS) is 12.4. The van der Waals surface area contributed by atoms with E-state index in [-0.39, 0.29) is 17.1 Å². The molecule has 0 aliphatic heterocycles. The molecule has 8 heteroatoms. The summed E-state index contributed by atoms with van der Waals surface area (Å²) in [6, 6.07) is 11.1. The van der Waals surface area contributed by atoms with E-state index in [4.69, 9.17) is 10.4 Å². The summed E-state index contributed by atoms with van der Waals surface area (Å²) in [5.74, 6) is 0.386. The average molecular weight is 391 g/mol. The number of amides is 1. The van der Waals surface area contributed by atoms with Gasteiger partial charge in [0.2, 0.25) is 5.91 Å². The predicted octanol–water partition coefficient (Wildman–Crippen LogP) is 3.53. The zero-order valence-electron chi connectivity index (χ0n) is 17.3. The summed E-state index contributed by atoms with van der Waals surface area (Å²) in [6.07, 6.45) is 1.91. The van der Waals surface area contributed by atoms with Crippen molar-refractivity contribution in [3.63, 3.8) is 0 Å². The van der Waals surface area contributed by atoms with Gasteiger partial charge in [0.05, 0.1) is 11.4 Å². The summed E-state index contributed by atoms with van der Waals surface area (Å²) < 4.78 is 3.17. The van der Waals surface area contributed by atoms with Crippen LogP contribution in [0.1, 0.15) is 57.2 Å². The number of hydrogen-bond acceptors (Lipinski definition) is 5. The topological polar surface area (TPSA) is 101 Å². The maximum atomic E-state index is 13.0. The number of aryl methyl sites for hydroxylation is 1. The predicted molar refractivity (Wildman–Crippen MR) is 110 cm³/mol. The molecular formula is C21H25N7O. The molecule has 2 aromatic heterocycles. The van der Waals surface area contributed by atoms with Crippen molar-refractivity contribution in [2.45, 2.75) is 52.5 Å². The van der Waals surface area contributed by atoms with Crippen molar-refractivity contribution in [2.75, 3.05) is 5.32 Å². The minimum Gasteiger partial charge on any atom is -0.309 e. The minimum absolute atomic E-state index is 0.0380. The number of rotatable bonds is 5. The van der Waals surface area contributed by atoms with Crippen LogP contribution in [0.2, 0.25) is 0 Å². The first-order chi connectivity index (χ1) is 13.7. The third-order valence-corrected chi connectivity index (χ3v) is 4.59. The lowest BCUT2D eigenvalue weighted by Crippen LogP contribution is -2.27. The standard InChI is InChI=1S/C21H25N7O/c1-6-16(27-13-23-18(12-22)26-27)20(29)24-19-11-17(21(3,4)5)25-28(19)15-9-7-8-14(2)10-15/h7-11,13,16H,6H2,1-5H3,(H,24,29). The van der Waals surface area contributed by atoms with E-state index in [2.05, 4.69) is 36.2 Å². The molecule has 3 rings (SSSR count). The summed E-state index contributed by atoms with van der Waals surface area (Å²) in [6.45, 7) is 10.1. The molecule has 2 heterocycles. The molecule has 0 saturated heterocycles. The van der Waals surface area contributed by atoms with Crippen molar-refractivity contribution in [1.82, 2.24) is 24.5 Å². The van der Waals surface area contributed by atoms with Gasteiger partial charge in [0, 0.05) is 11.5 Å². The fraction of sp³-hybridized carbons (Fsp3) is 0.381. The highest BCUT2D eigenvalue weighted by molar-refractivity contribution is 5.93. The van der Waals surface area contributed by atoms with Gasteiger partial charge in [0.15, 0.2) is 0 Å². The molecule has 1 aromatic carbocycles. The van der Waals surface area contributed by atoms with E-state index in [0.717, 1.165) is 16.9 Å². The Kier molecular flexibility index (Phi) is 5.50. The number of benzene rings is 1.